The number of halogens is 1. The number of hydrogen-bond acceptors (Lipinski definition) is 7. The fraction of sp³-hybridized carbons (Fsp3) is 0.550. The van der Waals surface area contributed by atoms with E-state index in [0.717, 1.165) is 45.0 Å². The molecule has 172 valence electrons. The lowest BCUT2D eigenvalue weighted by Crippen LogP contribution is -2.42. The highest BCUT2D eigenvalue weighted by atomic mass is 79.9. The number of hydrogen-bond donors (Lipinski definition) is 2. The number of ether oxygens (including phenoxy) is 3. The Hall–Kier alpha value is -1.95. The monoisotopic (exact) mass is 515 g/mol. The predicted octanol–water partition coefficient (Wildman–Crippen LogP) is 1.45. The van der Waals surface area contributed by atoms with Crippen molar-refractivity contribution in [3.05, 3.63) is 22.2 Å². The van der Waals surface area contributed by atoms with E-state index in [9.17, 15) is 4.79 Å². The Morgan fingerprint density at radius 3 is 2.77 bits per heavy atom. The zero-order valence-corrected chi connectivity index (χ0v) is 20.6. The number of nitrogens with zero attached hydrogens (tertiary/aromatic N) is 3. The van der Waals surface area contributed by atoms with Gasteiger partial charge in [0.05, 0.1) is 30.5 Å². The van der Waals surface area contributed by atoms with Crippen LogP contribution in [0, 0.1) is 0 Å². The topological polar surface area (TPSA) is 87.7 Å². The Bertz CT molecular complexity index is 772. The molecule has 0 bridgehead atoms. The molecule has 1 heterocycles. The van der Waals surface area contributed by atoms with Crippen LogP contribution in [0.4, 0.5) is 0 Å². The molecule has 0 spiro atoms. The number of carbonyl (C=O) groups excluding carboxylic acids is 1. The molecule has 0 atom stereocenters. The number of nitrogens with one attached hydrogen (secondary N) is 2. The van der Waals surface area contributed by atoms with E-state index in [-0.39, 0.29) is 12.5 Å². The second-order valence-corrected chi connectivity index (χ2v) is 8.18. The van der Waals surface area contributed by atoms with Gasteiger partial charge in [-0.25, -0.2) is 0 Å². The molecule has 31 heavy (non-hydrogen) atoms. The molecular weight excluding hydrogens is 486 g/mol. The lowest BCUT2D eigenvalue weighted by Gasteiger charge is -2.26. The van der Waals surface area contributed by atoms with Gasteiger partial charge >= 0.3 is 0 Å². The number of carbonyl (C=O) groups is 1. The van der Waals surface area contributed by atoms with Crippen LogP contribution in [0.15, 0.2) is 21.7 Å². The van der Waals surface area contributed by atoms with E-state index < -0.39 is 0 Å². The van der Waals surface area contributed by atoms with Gasteiger partial charge in [-0.1, -0.05) is 0 Å². The summed E-state index contributed by atoms with van der Waals surface area (Å²) >= 11 is 8.75. The van der Waals surface area contributed by atoms with Crippen LogP contribution >= 0.6 is 28.1 Å². The van der Waals surface area contributed by atoms with Crippen molar-refractivity contribution >= 4 is 45.4 Å². The average Bonchev–Trinajstić information content (AvgIpc) is 2.74. The van der Waals surface area contributed by atoms with Crippen molar-refractivity contribution in [1.82, 2.24) is 20.5 Å². The van der Waals surface area contributed by atoms with Gasteiger partial charge in [-0.2, -0.15) is 5.10 Å². The molecule has 0 aliphatic carbocycles. The Morgan fingerprint density at radius 1 is 1.35 bits per heavy atom. The maximum absolute atomic E-state index is 11.8. The van der Waals surface area contributed by atoms with E-state index in [0.29, 0.717) is 27.7 Å². The number of morpholine rings is 1. The third-order valence-electron chi connectivity index (χ3n) is 4.37. The molecule has 1 aliphatic rings. The molecule has 1 saturated heterocycles. The molecule has 1 fully saturated rings. The number of hydrazone groups is 1. The van der Waals surface area contributed by atoms with Gasteiger partial charge in [0.1, 0.15) is 0 Å². The van der Waals surface area contributed by atoms with Gasteiger partial charge in [0.2, 0.25) is 0 Å². The molecule has 1 aromatic rings. The summed E-state index contributed by atoms with van der Waals surface area (Å²) in [6.45, 7) is 7.35. The number of likely N-dealkylation sites (N-methyl/N-ethyl adjacent to an activating group) is 1. The van der Waals surface area contributed by atoms with Crippen molar-refractivity contribution in [1.29, 1.82) is 0 Å². The summed E-state index contributed by atoms with van der Waals surface area (Å²) in [4.78, 5) is 15.6. The fourth-order valence-electron chi connectivity index (χ4n) is 2.69. The number of rotatable bonds is 10. The SMILES string of the molecule is CCOc1cc(/C=N\NC(=S)NCCN2CCOCC2)cc(Br)c1OCC(=O)N(C)C. The van der Waals surface area contributed by atoms with Gasteiger partial charge < -0.3 is 24.4 Å². The van der Waals surface area contributed by atoms with Crippen LogP contribution in [-0.2, 0) is 9.53 Å². The summed E-state index contributed by atoms with van der Waals surface area (Å²) in [5.74, 6) is 0.859. The van der Waals surface area contributed by atoms with E-state index in [1.807, 2.05) is 13.0 Å². The van der Waals surface area contributed by atoms with Crippen LogP contribution in [0.2, 0.25) is 0 Å². The zero-order chi connectivity index (χ0) is 22.6. The smallest absolute Gasteiger partial charge is 0.259 e. The van der Waals surface area contributed by atoms with E-state index in [2.05, 4.69) is 36.7 Å². The third kappa shape index (κ3) is 8.98. The molecule has 0 saturated carbocycles. The van der Waals surface area contributed by atoms with E-state index >= 15 is 0 Å². The first-order chi connectivity index (χ1) is 14.9. The zero-order valence-electron chi connectivity index (χ0n) is 18.1. The molecule has 2 N–H and O–H groups in total. The number of amides is 1. The number of thiocarbonyl (C=S) groups is 1. The fourth-order valence-corrected chi connectivity index (χ4v) is 3.41. The van der Waals surface area contributed by atoms with Gasteiger partial charge in [0.15, 0.2) is 23.2 Å². The van der Waals surface area contributed by atoms with Crippen molar-refractivity contribution in [3.63, 3.8) is 0 Å². The lowest BCUT2D eigenvalue weighted by molar-refractivity contribution is -0.130. The summed E-state index contributed by atoms with van der Waals surface area (Å²) in [6, 6.07) is 3.63. The second-order valence-electron chi connectivity index (χ2n) is 6.92. The quantitative estimate of drug-likeness (QED) is 0.275. The maximum atomic E-state index is 11.8. The van der Waals surface area contributed by atoms with Crippen LogP contribution in [-0.4, -0.2) is 93.7 Å². The first kappa shape index (κ1) is 25.3. The molecule has 1 aromatic carbocycles. The molecule has 9 nitrogen and oxygen atoms in total. The highest BCUT2D eigenvalue weighted by molar-refractivity contribution is 9.10. The van der Waals surface area contributed by atoms with Crippen molar-refractivity contribution in [2.75, 3.05) is 66.7 Å². The predicted molar refractivity (Wildman–Crippen MR) is 128 cm³/mol. The van der Waals surface area contributed by atoms with Crippen molar-refractivity contribution in [2.45, 2.75) is 6.92 Å². The molecular formula is C20H30BrN5O4S. The second kappa shape index (κ2) is 13.5. The minimum atomic E-state index is -0.140. The molecule has 2 rings (SSSR count). The van der Waals surface area contributed by atoms with Gasteiger partial charge in [-0.15, -0.1) is 0 Å². The summed E-state index contributed by atoms with van der Waals surface area (Å²) in [5, 5.41) is 7.78. The summed E-state index contributed by atoms with van der Waals surface area (Å²) < 4.78 is 17.3. The van der Waals surface area contributed by atoms with Crippen LogP contribution in [0.1, 0.15) is 12.5 Å². The first-order valence-corrected chi connectivity index (χ1v) is 11.3. The van der Waals surface area contributed by atoms with Crippen LogP contribution in [0.25, 0.3) is 0 Å². The standard InChI is InChI=1S/C20H30BrN5O4S/c1-4-29-17-12-15(11-16(21)19(17)30-14-18(27)25(2)3)13-23-24-20(31)22-5-6-26-7-9-28-10-8-26/h11-13H,4-10,14H2,1-3H3,(H2,22,24,31)/b23-13-. The Kier molecular flexibility index (Phi) is 11.0. The molecule has 0 aromatic heterocycles. The molecule has 1 aliphatic heterocycles. The van der Waals surface area contributed by atoms with Gasteiger partial charge in [0, 0.05) is 40.3 Å². The van der Waals surface area contributed by atoms with Gasteiger partial charge in [-0.05, 0) is 52.8 Å². The van der Waals surface area contributed by atoms with Gasteiger partial charge in [-0.3, -0.25) is 15.1 Å². The Balaban J connectivity index is 1.88. The summed E-state index contributed by atoms with van der Waals surface area (Å²) in [6.07, 6.45) is 1.64. The molecule has 11 heteroatoms. The minimum absolute atomic E-state index is 0.0783. The first-order valence-electron chi connectivity index (χ1n) is 10.1. The minimum Gasteiger partial charge on any atom is -0.490 e. The maximum Gasteiger partial charge on any atom is 0.259 e. The molecule has 0 radical (unpaired) electrons. The normalized spacial score (nSPS) is 14.3. The Labute approximate surface area is 197 Å². The van der Waals surface area contributed by atoms with Crippen molar-refractivity contribution in [2.24, 2.45) is 5.10 Å². The van der Waals surface area contributed by atoms with Crippen LogP contribution < -0.4 is 20.2 Å². The van der Waals surface area contributed by atoms with Crippen LogP contribution in [0.5, 0.6) is 11.5 Å². The Morgan fingerprint density at radius 2 is 2.10 bits per heavy atom. The van der Waals surface area contributed by atoms with Crippen LogP contribution in [0.3, 0.4) is 0 Å². The average molecular weight is 516 g/mol. The van der Waals surface area contributed by atoms with E-state index in [1.54, 1.807) is 26.4 Å². The van der Waals surface area contributed by atoms with Gasteiger partial charge in [0.25, 0.3) is 5.91 Å². The van der Waals surface area contributed by atoms with E-state index in [1.165, 1.54) is 4.90 Å². The van der Waals surface area contributed by atoms with E-state index in [4.69, 9.17) is 26.4 Å². The lowest BCUT2D eigenvalue weighted by atomic mass is 10.2. The largest absolute Gasteiger partial charge is 0.490 e. The molecule has 0 unspecified atom stereocenters. The highest BCUT2D eigenvalue weighted by Crippen LogP contribution is 2.36. The molecule has 1 amide bonds. The highest BCUT2D eigenvalue weighted by Gasteiger charge is 2.14. The van der Waals surface area contributed by atoms with Crippen molar-refractivity contribution in [3.8, 4) is 11.5 Å². The summed E-state index contributed by atoms with van der Waals surface area (Å²) in [7, 11) is 3.36. The van der Waals surface area contributed by atoms with Crippen molar-refractivity contribution < 1.29 is 19.0 Å². The number of benzene rings is 1. The summed E-state index contributed by atoms with van der Waals surface area (Å²) in [5.41, 5.74) is 3.60. The third-order valence-corrected chi connectivity index (χ3v) is 5.19.